The van der Waals surface area contributed by atoms with Gasteiger partial charge in [-0.05, 0) is 48.7 Å². The number of nitrogens with one attached hydrogen (secondary N) is 1. The Hall–Kier alpha value is -3.22. The van der Waals surface area contributed by atoms with Crippen molar-refractivity contribution < 1.29 is 23.5 Å². The first-order valence-corrected chi connectivity index (χ1v) is 10.6. The molecule has 7 heteroatoms. The van der Waals surface area contributed by atoms with Crippen LogP contribution in [-0.2, 0) is 9.53 Å². The smallest absolute Gasteiger partial charge is 0.338 e. The first kappa shape index (κ1) is 21.0. The minimum atomic E-state index is -0.535. The van der Waals surface area contributed by atoms with E-state index in [1.165, 1.54) is 12.1 Å². The zero-order valence-electron chi connectivity index (χ0n) is 17.3. The molecule has 1 N–H and O–H groups in total. The van der Waals surface area contributed by atoms with Gasteiger partial charge in [-0.1, -0.05) is 19.1 Å². The van der Waals surface area contributed by atoms with Crippen LogP contribution in [0.5, 0.6) is 0 Å². The molecule has 2 aromatic rings. The number of carbonyl (C=O) groups excluding carboxylic acids is 3. The largest absolute Gasteiger partial charge is 0.459 e. The van der Waals surface area contributed by atoms with Gasteiger partial charge in [0.05, 0.1) is 11.1 Å². The number of amides is 2. The van der Waals surface area contributed by atoms with E-state index >= 15 is 0 Å². The van der Waals surface area contributed by atoms with Crippen molar-refractivity contribution in [2.45, 2.75) is 32.3 Å². The Morgan fingerprint density at radius 2 is 1.68 bits per heavy atom. The number of benzene rings is 2. The Balaban J connectivity index is 1.26. The first-order valence-electron chi connectivity index (χ1n) is 10.6. The lowest BCUT2D eigenvalue weighted by molar-refractivity contribution is -0.117. The number of esters is 1. The number of piperidine rings is 1. The van der Waals surface area contributed by atoms with Gasteiger partial charge in [0.1, 0.15) is 11.9 Å². The Morgan fingerprint density at radius 1 is 1.03 bits per heavy atom. The van der Waals surface area contributed by atoms with E-state index in [0.29, 0.717) is 43.1 Å². The average molecular weight is 424 g/mol. The molecule has 2 atom stereocenters. The SMILES string of the molecule is CC1CC1C(=O)Nc1ccc(C(=O)OC2CCN(C(=O)c3ccccc3F)CC2)cc1. The van der Waals surface area contributed by atoms with Crippen LogP contribution in [-0.4, -0.2) is 41.9 Å². The van der Waals surface area contributed by atoms with Crippen LogP contribution in [0.15, 0.2) is 48.5 Å². The molecule has 1 aliphatic carbocycles. The van der Waals surface area contributed by atoms with Crippen LogP contribution < -0.4 is 5.32 Å². The van der Waals surface area contributed by atoms with E-state index in [2.05, 4.69) is 5.32 Å². The third-order valence-corrected chi connectivity index (χ3v) is 5.94. The van der Waals surface area contributed by atoms with Gasteiger partial charge in [-0.2, -0.15) is 0 Å². The monoisotopic (exact) mass is 424 g/mol. The summed E-state index contributed by atoms with van der Waals surface area (Å²) >= 11 is 0. The summed E-state index contributed by atoms with van der Waals surface area (Å²) in [5.74, 6) is -0.788. The molecule has 0 aromatic heterocycles. The maximum atomic E-state index is 13.8. The van der Waals surface area contributed by atoms with Crippen LogP contribution in [0, 0.1) is 17.7 Å². The second-order valence-corrected chi connectivity index (χ2v) is 8.26. The van der Waals surface area contributed by atoms with Crippen molar-refractivity contribution in [2.75, 3.05) is 18.4 Å². The summed E-state index contributed by atoms with van der Waals surface area (Å²) in [6.07, 6.45) is 1.62. The Morgan fingerprint density at radius 3 is 2.29 bits per heavy atom. The van der Waals surface area contributed by atoms with Gasteiger partial charge in [-0.3, -0.25) is 9.59 Å². The van der Waals surface area contributed by atoms with Crippen LogP contribution in [0.3, 0.4) is 0 Å². The molecule has 1 aliphatic heterocycles. The molecule has 2 unspecified atom stereocenters. The lowest BCUT2D eigenvalue weighted by Gasteiger charge is -2.31. The standard InChI is InChI=1S/C24H25FN2O4/c1-15-14-20(15)22(28)26-17-8-6-16(7-9-17)24(30)31-18-10-12-27(13-11-18)23(29)19-4-2-3-5-21(19)25/h2-9,15,18,20H,10-14H2,1H3,(H,26,28). The van der Waals surface area contributed by atoms with E-state index in [1.54, 1.807) is 41.3 Å². The summed E-state index contributed by atoms with van der Waals surface area (Å²) in [5.41, 5.74) is 1.12. The molecule has 1 saturated carbocycles. The molecule has 2 aliphatic rings. The van der Waals surface area contributed by atoms with E-state index in [1.807, 2.05) is 6.92 Å². The third kappa shape index (κ3) is 4.93. The third-order valence-electron chi connectivity index (χ3n) is 5.94. The van der Waals surface area contributed by atoms with E-state index in [-0.39, 0.29) is 29.4 Å². The summed E-state index contributed by atoms with van der Waals surface area (Å²) in [7, 11) is 0. The predicted octanol–water partition coefficient (Wildman–Crippen LogP) is 3.88. The Labute approximate surface area is 180 Å². The fourth-order valence-corrected chi connectivity index (χ4v) is 3.81. The molecule has 2 fully saturated rings. The van der Waals surface area contributed by atoms with Gasteiger partial charge >= 0.3 is 5.97 Å². The number of nitrogens with zero attached hydrogens (tertiary/aromatic N) is 1. The molecular weight excluding hydrogens is 399 g/mol. The fraction of sp³-hybridized carbons (Fsp3) is 0.375. The molecule has 2 amide bonds. The minimum absolute atomic E-state index is 0.0134. The second kappa shape index (κ2) is 8.88. The average Bonchev–Trinajstić information content (AvgIpc) is 3.51. The first-order chi connectivity index (χ1) is 14.9. The van der Waals surface area contributed by atoms with Crippen molar-refractivity contribution in [3.05, 3.63) is 65.5 Å². The number of anilines is 1. The van der Waals surface area contributed by atoms with Crippen molar-refractivity contribution in [1.29, 1.82) is 0 Å². The molecule has 0 bridgehead atoms. The summed E-state index contributed by atoms with van der Waals surface area (Å²) < 4.78 is 19.4. The lowest BCUT2D eigenvalue weighted by Crippen LogP contribution is -2.41. The highest BCUT2D eigenvalue weighted by molar-refractivity contribution is 5.96. The van der Waals surface area contributed by atoms with Gasteiger partial charge in [0.2, 0.25) is 5.91 Å². The lowest BCUT2D eigenvalue weighted by atomic mass is 10.1. The maximum absolute atomic E-state index is 13.8. The van der Waals surface area contributed by atoms with Gasteiger partial charge in [0.25, 0.3) is 5.91 Å². The Kier molecular flexibility index (Phi) is 6.02. The summed E-state index contributed by atoms with van der Waals surface area (Å²) in [6.45, 7) is 2.84. The van der Waals surface area contributed by atoms with E-state index in [0.717, 1.165) is 6.42 Å². The van der Waals surface area contributed by atoms with Gasteiger partial charge < -0.3 is 15.0 Å². The van der Waals surface area contributed by atoms with Gasteiger partial charge in [-0.15, -0.1) is 0 Å². The number of hydrogen-bond acceptors (Lipinski definition) is 4. The molecule has 6 nitrogen and oxygen atoms in total. The molecule has 2 aromatic carbocycles. The normalized spacial score (nSPS) is 20.8. The minimum Gasteiger partial charge on any atom is -0.459 e. The van der Waals surface area contributed by atoms with Crippen molar-refractivity contribution in [3.8, 4) is 0 Å². The van der Waals surface area contributed by atoms with Gasteiger partial charge in [0, 0.05) is 37.5 Å². The molecule has 31 heavy (non-hydrogen) atoms. The predicted molar refractivity (Wildman–Crippen MR) is 113 cm³/mol. The topological polar surface area (TPSA) is 75.7 Å². The van der Waals surface area contributed by atoms with Crippen molar-refractivity contribution >= 4 is 23.5 Å². The number of ether oxygens (including phenoxy) is 1. The number of likely N-dealkylation sites (tertiary alicyclic amines) is 1. The molecule has 1 heterocycles. The van der Waals surface area contributed by atoms with Crippen molar-refractivity contribution in [3.63, 3.8) is 0 Å². The summed E-state index contributed by atoms with van der Waals surface area (Å²) in [4.78, 5) is 38.5. The Bertz CT molecular complexity index is 983. The molecular formula is C24H25FN2O4. The van der Waals surface area contributed by atoms with Gasteiger partial charge in [-0.25, -0.2) is 9.18 Å². The quantitative estimate of drug-likeness (QED) is 0.739. The van der Waals surface area contributed by atoms with Crippen LogP contribution in [0.1, 0.15) is 46.9 Å². The molecule has 0 radical (unpaired) electrons. The van der Waals surface area contributed by atoms with E-state index in [4.69, 9.17) is 4.74 Å². The number of rotatable bonds is 5. The maximum Gasteiger partial charge on any atom is 0.338 e. The number of hydrogen-bond donors (Lipinski definition) is 1. The highest BCUT2D eigenvalue weighted by Crippen LogP contribution is 2.38. The summed E-state index contributed by atoms with van der Waals surface area (Å²) in [6, 6.07) is 12.6. The number of carbonyl (C=O) groups is 3. The summed E-state index contributed by atoms with van der Waals surface area (Å²) in [5, 5.41) is 2.86. The molecule has 1 saturated heterocycles. The highest BCUT2D eigenvalue weighted by Gasteiger charge is 2.39. The van der Waals surface area contributed by atoms with Crippen LogP contribution in [0.4, 0.5) is 10.1 Å². The molecule has 0 spiro atoms. The fourth-order valence-electron chi connectivity index (χ4n) is 3.81. The van der Waals surface area contributed by atoms with Crippen LogP contribution in [0.25, 0.3) is 0 Å². The number of halogens is 1. The zero-order chi connectivity index (χ0) is 22.0. The van der Waals surface area contributed by atoms with Crippen LogP contribution >= 0.6 is 0 Å². The second-order valence-electron chi connectivity index (χ2n) is 8.26. The van der Waals surface area contributed by atoms with Crippen molar-refractivity contribution in [2.24, 2.45) is 11.8 Å². The molecule has 162 valence electrons. The molecule has 4 rings (SSSR count). The van der Waals surface area contributed by atoms with Crippen molar-refractivity contribution in [1.82, 2.24) is 4.90 Å². The van der Waals surface area contributed by atoms with E-state index in [9.17, 15) is 18.8 Å². The van der Waals surface area contributed by atoms with Crippen LogP contribution in [0.2, 0.25) is 0 Å². The van der Waals surface area contributed by atoms with E-state index < -0.39 is 11.8 Å². The van der Waals surface area contributed by atoms with Gasteiger partial charge in [0.15, 0.2) is 0 Å². The zero-order valence-corrected chi connectivity index (χ0v) is 17.3. The highest BCUT2D eigenvalue weighted by atomic mass is 19.1.